The normalized spacial score (nSPS) is 19.6. The molecule has 1 aliphatic carbocycles. The first kappa shape index (κ1) is 19.1. The SMILES string of the molecule is O=C(C[C@@H]1COc2ccc(Cl)cc2N1Cc1ccccc1)NC1CCCCC1. The van der Waals surface area contributed by atoms with Crippen LogP contribution in [0.3, 0.4) is 0 Å². The summed E-state index contributed by atoms with van der Waals surface area (Å²) in [5.74, 6) is 0.938. The molecule has 1 fully saturated rings. The summed E-state index contributed by atoms with van der Waals surface area (Å²) in [5, 5.41) is 3.91. The summed E-state index contributed by atoms with van der Waals surface area (Å²) in [6, 6.07) is 16.3. The van der Waals surface area contributed by atoms with E-state index in [0.29, 0.717) is 24.1 Å². The topological polar surface area (TPSA) is 41.6 Å². The molecule has 1 saturated carbocycles. The molecular formula is C23H27ClN2O2. The maximum absolute atomic E-state index is 12.7. The van der Waals surface area contributed by atoms with Gasteiger partial charge < -0.3 is 15.0 Å². The van der Waals surface area contributed by atoms with Crippen LogP contribution in [0, 0.1) is 0 Å². The third kappa shape index (κ3) is 4.61. The zero-order valence-corrected chi connectivity index (χ0v) is 16.8. The summed E-state index contributed by atoms with van der Waals surface area (Å²) in [6.45, 7) is 1.22. The van der Waals surface area contributed by atoms with Gasteiger partial charge in [0, 0.05) is 17.6 Å². The number of anilines is 1. The Labute approximate surface area is 171 Å². The van der Waals surface area contributed by atoms with Crippen LogP contribution in [0.15, 0.2) is 48.5 Å². The van der Waals surface area contributed by atoms with Crippen LogP contribution < -0.4 is 15.0 Å². The van der Waals surface area contributed by atoms with Crippen LogP contribution in [0.4, 0.5) is 5.69 Å². The fraction of sp³-hybridized carbons (Fsp3) is 0.435. The number of nitrogens with zero attached hydrogens (tertiary/aromatic N) is 1. The molecule has 1 amide bonds. The molecule has 5 heteroatoms. The Hall–Kier alpha value is -2.20. The van der Waals surface area contributed by atoms with Crippen LogP contribution in [0.5, 0.6) is 5.75 Å². The molecule has 1 atom stereocenters. The van der Waals surface area contributed by atoms with E-state index in [2.05, 4.69) is 22.3 Å². The van der Waals surface area contributed by atoms with Crippen molar-refractivity contribution in [2.75, 3.05) is 11.5 Å². The number of hydrogen-bond donors (Lipinski definition) is 1. The van der Waals surface area contributed by atoms with E-state index in [1.807, 2.05) is 36.4 Å². The van der Waals surface area contributed by atoms with E-state index in [9.17, 15) is 4.79 Å². The fourth-order valence-electron chi connectivity index (χ4n) is 4.22. The maximum atomic E-state index is 12.7. The van der Waals surface area contributed by atoms with Crippen LogP contribution in [0.2, 0.25) is 5.02 Å². The molecule has 0 saturated heterocycles. The molecule has 0 radical (unpaired) electrons. The summed E-state index contributed by atoms with van der Waals surface area (Å²) in [5.41, 5.74) is 2.16. The van der Waals surface area contributed by atoms with Gasteiger partial charge in [0.2, 0.25) is 5.91 Å². The van der Waals surface area contributed by atoms with Gasteiger partial charge in [0.1, 0.15) is 12.4 Å². The minimum Gasteiger partial charge on any atom is -0.489 e. The monoisotopic (exact) mass is 398 g/mol. The number of nitrogens with one attached hydrogen (secondary N) is 1. The Morgan fingerprint density at radius 2 is 1.89 bits per heavy atom. The van der Waals surface area contributed by atoms with Gasteiger partial charge in [-0.15, -0.1) is 0 Å². The van der Waals surface area contributed by atoms with Gasteiger partial charge in [-0.3, -0.25) is 4.79 Å². The first-order chi connectivity index (χ1) is 13.7. The number of fused-ring (bicyclic) bond motifs is 1. The molecule has 4 nitrogen and oxygen atoms in total. The van der Waals surface area contributed by atoms with Crippen molar-refractivity contribution in [2.24, 2.45) is 0 Å². The number of carbonyl (C=O) groups excluding carboxylic acids is 1. The van der Waals surface area contributed by atoms with E-state index in [1.165, 1.54) is 24.8 Å². The maximum Gasteiger partial charge on any atom is 0.222 e. The van der Waals surface area contributed by atoms with Crippen molar-refractivity contribution in [3.8, 4) is 5.75 Å². The van der Waals surface area contributed by atoms with E-state index < -0.39 is 0 Å². The molecule has 0 spiro atoms. The molecule has 0 aromatic heterocycles. The van der Waals surface area contributed by atoms with Crippen LogP contribution in [-0.4, -0.2) is 24.6 Å². The summed E-state index contributed by atoms with van der Waals surface area (Å²) in [7, 11) is 0. The smallest absolute Gasteiger partial charge is 0.222 e. The van der Waals surface area contributed by atoms with E-state index in [4.69, 9.17) is 16.3 Å². The summed E-state index contributed by atoms with van der Waals surface area (Å²) in [4.78, 5) is 15.0. The van der Waals surface area contributed by atoms with E-state index >= 15 is 0 Å². The highest BCUT2D eigenvalue weighted by molar-refractivity contribution is 6.31. The van der Waals surface area contributed by atoms with Crippen molar-refractivity contribution >= 4 is 23.2 Å². The molecule has 2 aromatic carbocycles. The predicted molar refractivity (Wildman–Crippen MR) is 113 cm³/mol. The molecule has 148 valence electrons. The van der Waals surface area contributed by atoms with Crippen molar-refractivity contribution in [1.82, 2.24) is 5.32 Å². The first-order valence-electron chi connectivity index (χ1n) is 10.2. The molecule has 1 N–H and O–H groups in total. The quantitative estimate of drug-likeness (QED) is 0.775. The van der Waals surface area contributed by atoms with E-state index in [0.717, 1.165) is 30.8 Å². The molecular weight excluding hydrogens is 372 g/mol. The minimum absolute atomic E-state index is 0.0187. The van der Waals surface area contributed by atoms with Crippen molar-refractivity contribution < 1.29 is 9.53 Å². The fourth-order valence-corrected chi connectivity index (χ4v) is 4.39. The molecule has 0 bridgehead atoms. The molecule has 1 heterocycles. The lowest BCUT2D eigenvalue weighted by molar-refractivity contribution is -0.122. The number of halogens is 1. The number of hydrogen-bond acceptors (Lipinski definition) is 3. The summed E-state index contributed by atoms with van der Waals surface area (Å²) in [6.07, 6.45) is 6.33. The van der Waals surface area contributed by atoms with Gasteiger partial charge in [0.15, 0.2) is 0 Å². The average Bonchev–Trinajstić information content (AvgIpc) is 2.71. The predicted octanol–water partition coefficient (Wildman–Crippen LogP) is 4.95. The Bertz CT molecular complexity index is 806. The van der Waals surface area contributed by atoms with Crippen molar-refractivity contribution in [3.05, 3.63) is 59.1 Å². The molecule has 1 aliphatic heterocycles. The molecule has 2 aromatic rings. The van der Waals surface area contributed by atoms with Crippen molar-refractivity contribution in [1.29, 1.82) is 0 Å². The molecule has 28 heavy (non-hydrogen) atoms. The second-order valence-corrected chi connectivity index (χ2v) is 8.23. The second kappa shape index (κ2) is 8.87. The van der Waals surface area contributed by atoms with Gasteiger partial charge in [0.05, 0.1) is 18.2 Å². The minimum atomic E-state index is -0.0187. The number of carbonyl (C=O) groups is 1. The lowest BCUT2D eigenvalue weighted by atomic mass is 9.95. The lowest BCUT2D eigenvalue weighted by Gasteiger charge is -2.39. The highest BCUT2D eigenvalue weighted by Gasteiger charge is 2.30. The van der Waals surface area contributed by atoms with Crippen molar-refractivity contribution in [3.63, 3.8) is 0 Å². The van der Waals surface area contributed by atoms with Gasteiger partial charge in [-0.25, -0.2) is 0 Å². The largest absolute Gasteiger partial charge is 0.489 e. The second-order valence-electron chi connectivity index (χ2n) is 7.80. The number of rotatable bonds is 5. The third-order valence-electron chi connectivity index (χ3n) is 5.69. The van der Waals surface area contributed by atoms with Crippen LogP contribution in [0.1, 0.15) is 44.1 Å². The van der Waals surface area contributed by atoms with Gasteiger partial charge in [0.25, 0.3) is 0 Å². The summed E-state index contributed by atoms with van der Waals surface area (Å²) >= 11 is 6.27. The Balaban J connectivity index is 1.51. The zero-order chi connectivity index (χ0) is 19.3. The molecule has 0 unspecified atom stereocenters. The lowest BCUT2D eigenvalue weighted by Crippen LogP contribution is -2.47. The van der Waals surface area contributed by atoms with Gasteiger partial charge in [-0.1, -0.05) is 61.2 Å². The Kier molecular flexibility index (Phi) is 6.06. The van der Waals surface area contributed by atoms with Gasteiger partial charge in [-0.2, -0.15) is 0 Å². The van der Waals surface area contributed by atoms with E-state index in [-0.39, 0.29) is 11.9 Å². The first-order valence-corrected chi connectivity index (χ1v) is 10.6. The van der Waals surface area contributed by atoms with Crippen LogP contribution in [0.25, 0.3) is 0 Å². The van der Waals surface area contributed by atoms with Gasteiger partial charge >= 0.3 is 0 Å². The van der Waals surface area contributed by atoms with Crippen LogP contribution in [-0.2, 0) is 11.3 Å². The number of ether oxygens (including phenoxy) is 1. The highest BCUT2D eigenvalue weighted by atomic mass is 35.5. The average molecular weight is 399 g/mol. The molecule has 2 aliphatic rings. The third-order valence-corrected chi connectivity index (χ3v) is 5.92. The van der Waals surface area contributed by atoms with Gasteiger partial charge in [-0.05, 0) is 36.6 Å². The van der Waals surface area contributed by atoms with Crippen molar-refractivity contribution in [2.45, 2.75) is 57.2 Å². The van der Waals surface area contributed by atoms with Crippen LogP contribution >= 0.6 is 11.6 Å². The highest BCUT2D eigenvalue weighted by Crippen LogP contribution is 2.37. The molecule has 4 rings (SSSR count). The number of benzene rings is 2. The summed E-state index contributed by atoms with van der Waals surface area (Å²) < 4.78 is 5.97. The zero-order valence-electron chi connectivity index (χ0n) is 16.1. The standard InChI is InChI=1S/C23H27ClN2O2/c24-18-11-12-22-21(13-18)26(15-17-7-3-1-4-8-17)20(16-28-22)14-23(27)25-19-9-5-2-6-10-19/h1,3-4,7-8,11-13,19-20H,2,5-6,9-10,14-16H2,(H,25,27)/t20-/m1/s1. The van der Waals surface area contributed by atoms with E-state index in [1.54, 1.807) is 0 Å². The number of amides is 1. The Morgan fingerprint density at radius 1 is 1.11 bits per heavy atom. The Morgan fingerprint density at radius 3 is 2.68 bits per heavy atom.